The predicted octanol–water partition coefficient (Wildman–Crippen LogP) is 2.10. The maximum atomic E-state index is 13.8. The minimum Gasteiger partial charge on any atom is -0.331 e. The second kappa shape index (κ2) is 6.82. The molecule has 128 valence electrons. The fourth-order valence-electron chi connectivity index (χ4n) is 2.68. The highest BCUT2D eigenvalue weighted by Gasteiger charge is 2.28. The lowest BCUT2D eigenvalue weighted by atomic mass is 10.1. The van der Waals surface area contributed by atoms with Crippen molar-refractivity contribution in [3.05, 3.63) is 35.4 Å². The average Bonchev–Trinajstić information content (AvgIpc) is 2.58. The first kappa shape index (κ1) is 17.7. The van der Waals surface area contributed by atoms with Gasteiger partial charge in [0.1, 0.15) is 0 Å². The van der Waals surface area contributed by atoms with Crippen LogP contribution in [0.1, 0.15) is 25.5 Å². The fraction of sp³-hybridized carbons (Fsp3) is 0.533. The highest BCUT2D eigenvalue weighted by molar-refractivity contribution is 7.91. The molecule has 0 aromatic heterocycles. The van der Waals surface area contributed by atoms with E-state index in [2.05, 4.69) is 5.32 Å². The van der Waals surface area contributed by atoms with Gasteiger partial charge in [-0.05, 0) is 18.9 Å². The molecular weight excluding hydrogens is 326 g/mol. The number of benzene rings is 1. The molecule has 0 bridgehead atoms. The van der Waals surface area contributed by atoms with E-state index in [0.29, 0.717) is 6.54 Å². The molecule has 2 atom stereocenters. The first-order chi connectivity index (χ1) is 10.7. The molecule has 1 fully saturated rings. The number of urea groups is 1. The number of halogens is 2. The zero-order chi connectivity index (χ0) is 17.2. The van der Waals surface area contributed by atoms with Crippen molar-refractivity contribution in [2.75, 3.05) is 24.6 Å². The third kappa shape index (κ3) is 4.40. The van der Waals surface area contributed by atoms with Gasteiger partial charge in [0.15, 0.2) is 21.5 Å². The van der Waals surface area contributed by atoms with Crippen LogP contribution in [0, 0.1) is 17.6 Å². The van der Waals surface area contributed by atoms with Gasteiger partial charge < -0.3 is 10.2 Å². The minimum absolute atomic E-state index is 0.0465. The summed E-state index contributed by atoms with van der Waals surface area (Å²) in [5.41, 5.74) is 0.0499. The van der Waals surface area contributed by atoms with Gasteiger partial charge in [-0.2, -0.15) is 0 Å². The molecule has 0 aliphatic carbocycles. The van der Waals surface area contributed by atoms with Crippen LogP contribution in [0.5, 0.6) is 0 Å². The van der Waals surface area contributed by atoms with Gasteiger partial charge in [-0.1, -0.05) is 19.1 Å². The van der Waals surface area contributed by atoms with E-state index in [0.717, 1.165) is 6.07 Å². The first-order valence-electron chi connectivity index (χ1n) is 7.39. The zero-order valence-corrected chi connectivity index (χ0v) is 13.9. The Balaban J connectivity index is 2.07. The normalized spacial score (nSPS) is 22.3. The summed E-state index contributed by atoms with van der Waals surface area (Å²) in [6, 6.07) is 2.57. The van der Waals surface area contributed by atoms with E-state index in [9.17, 15) is 22.0 Å². The number of rotatable bonds is 2. The van der Waals surface area contributed by atoms with Crippen LogP contribution in [0.4, 0.5) is 13.6 Å². The molecule has 1 aromatic carbocycles. The number of hydrogen-bond acceptors (Lipinski definition) is 3. The van der Waals surface area contributed by atoms with Crippen LogP contribution in [0.25, 0.3) is 0 Å². The van der Waals surface area contributed by atoms with Crippen LogP contribution in [0.2, 0.25) is 0 Å². The molecule has 1 aliphatic heterocycles. The topological polar surface area (TPSA) is 66.5 Å². The highest BCUT2D eigenvalue weighted by atomic mass is 32.2. The highest BCUT2D eigenvalue weighted by Crippen LogP contribution is 2.19. The summed E-state index contributed by atoms with van der Waals surface area (Å²) < 4.78 is 50.5. The zero-order valence-electron chi connectivity index (χ0n) is 13.1. The molecule has 8 heteroatoms. The molecule has 23 heavy (non-hydrogen) atoms. The Kier molecular flexibility index (Phi) is 5.23. The Morgan fingerprint density at radius 2 is 2.09 bits per heavy atom. The summed E-state index contributed by atoms with van der Waals surface area (Å²) in [6.07, 6.45) is 0. The van der Waals surface area contributed by atoms with Gasteiger partial charge in [-0.3, -0.25) is 0 Å². The Hall–Kier alpha value is -1.70. The molecule has 0 saturated carbocycles. The summed E-state index contributed by atoms with van der Waals surface area (Å²) in [4.78, 5) is 13.7. The number of hydrogen-bond donors (Lipinski definition) is 1. The lowest BCUT2D eigenvalue weighted by Gasteiger charge is -2.25. The molecule has 2 rings (SSSR count). The van der Waals surface area contributed by atoms with Crippen molar-refractivity contribution in [3.63, 3.8) is 0 Å². The first-order valence-corrected chi connectivity index (χ1v) is 9.21. The van der Waals surface area contributed by atoms with Crippen molar-refractivity contribution < 1.29 is 22.0 Å². The van der Waals surface area contributed by atoms with E-state index in [4.69, 9.17) is 0 Å². The number of carbonyl (C=O) groups is 1. The summed E-state index contributed by atoms with van der Waals surface area (Å²) >= 11 is 0. The van der Waals surface area contributed by atoms with Crippen molar-refractivity contribution in [1.29, 1.82) is 0 Å². The van der Waals surface area contributed by atoms with E-state index in [1.165, 1.54) is 17.0 Å². The number of sulfone groups is 1. The van der Waals surface area contributed by atoms with Crippen molar-refractivity contribution in [2.45, 2.75) is 19.9 Å². The van der Waals surface area contributed by atoms with Gasteiger partial charge in [0.05, 0.1) is 17.5 Å². The van der Waals surface area contributed by atoms with Crippen LogP contribution < -0.4 is 5.32 Å². The van der Waals surface area contributed by atoms with E-state index < -0.39 is 33.5 Å². The monoisotopic (exact) mass is 346 g/mol. The second-order valence-electron chi connectivity index (χ2n) is 5.98. The molecule has 0 unspecified atom stereocenters. The number of amides is 2. The Morgan fingerprint density at radius 1 is 1.39 bits per heavy atom. The van der Waals surface area contributed by atoms with Crippen molar-refractivity contribution >= 4 is 15.9 Å². The third-order valence-electron chi connectivity index (χ3n) is 3.82. The molecule has 5 nitrogen and oxygen atoms in total. The molecule has 1 aromatic rings. The molecule has 0 spiro atoms. The number of nitrogens with one attached hydrogen (secondary N) is 1. The van der Waals surface area contributed by atoms with E-state index in [1.807, 2.05) is 0 Å². The minimum atomic E-state index is -3.16. The van der Waals surface area contributed by atoms with Crippen LogP contribution in [0.15, 0.2) is 18.2 Å². The van der Waals surface area contributed by atoms with E-state index in [1.54, 1.807) is 13.8 Å². The van der Waals surface area contributed by atoms with Crippen LogP contribution in [0.3, 0.4) is 0 Å². The number of nitrogens with zero attached hydrogens (tertiary/aromatic N) is 1. The average molecular weight is 346 g/mol. The summed E-state index contributed by atoms with van der Waals surface area (Å²) in [5, 5.41) is 2.60. The standard InChI is InChI=1S/C15H20F2N2O3S/c1-10-8-19(6-7-23(21,22)9-10)15(20)18-11(2)12-4-3-5-13(16)14(12)17/h3-5,10-11H,6-9H2,1-2H3,(H,18,20)/t10-,11-/m1/s1. The van der Waals surface area contributed by atoms with Crippen molar-refractivity contribution in [3.8, 4) is 0 Å². The Morgan fingerprint density at radius 3 is 2.78 bits per heavy atom. The van der Waals surface area contributed by atoms with Crippen LogP contribution >= 0.6 is 0 Å². The summed E-state index contributed by atoms with van der Waals surface area (Å²) in [6.45, 7) is 3.72. The molecule has 1 saturated heterocycles. The molecular formula is C15H20F2N2O3S. The van der Waals surface area contributed by atoms with Gasteiger partial charge in [0.2, 0.25) is 0 Å². The largest absolute Gasteiger partial charge is 0.331 e. The predicted molar refractivity (Wildman–Crippen MR) is 82.7 cm³/mol. The summed E-state index contributed by atoms with van der Waals surface area (Å²) in [5.74, 6) is -2.18. The van der Waals surface area contributed by atoms with E-state index in [-0.39, 0.29) is 29.5 Å². The van der Waals surface area contributed by atoms with Crippen LogP contribution in [-0.4, -0.2) is 43.9 Å². The Labute approximate surface area is 134 Å². The maximum absolute atomic E-state index is 13.8. The van der Waals surface area contributed by atoms with Crippen LogP contribution in [-0.2, 0) is 9.84 Å². The van der Waals surface area contributed by atoms with E-state index >= 15 is 0 Å². The third-order valence-corrected chi connectivity index (χ3v) is 5.70. The second-order valence-corrected chi connectivity index (χ2v) is 8.21. The van der Waals surface area contributed by atoms with Gasteiger partial charge in [-0.15, -0.1) is 0 Å². The molecule has 1 N–H and O–H groups in total. The maximum Gasteiger partial charge on any atom is 0.317 e. The smallest absolute Gasteiger partial charge is 0.317 e. The lowest BCUT2D eigenvalue weighted by molar-refractivity contribution is 0.192. The molecule has 2 amide bonds. The van der Waals surface area contributed by atoms with Gasteiger partial charge in [0, 0.05) is 18.7 Å². The quantitative estimate of drug-likeness (QED) is 0.892. The van der Waals surface area contributed by atoms with Crippen molar-refractivity contribution in [2.24, 2.45) is 5.92 Å². The molecule has 1 heterocycles. The SMILES string of the molecule is C[C@@H]1CN(C(=O)N[C@H](C)c2cccc(F)c2F)CCS(=O)(=O)C1. The fourth-order valence-corrected chi connectivity index (χ4v) is 4.32. The summed E-state index contributed by atoms with van der Waals surface area (Å²) in [7, 11) is -3.16. The van der Waals surface area contributed by atoms with Gasteiger partial charge in [-0.25, -0.2) is 22.0 Å². The Bertz CT molecular complexity index is 694. The molecule has 1 aliphatic rings. The van der Waals surface area contributed by atoms with Gasteiger partial charge in [0.25, 0.3) is 0 Å². The molecule has 0 radical (unpaired) electrons. The van der Waals surface area contributed by atoms with Gasteiger partial charge >= 0.3 is 6.03 Å². The van der Waals surface area contributed by atoms with Crippen molar-refractivity contribution in [1.82, 2.24) is 10.2 Å². The number of carbonyl (C=O) groups excluding carboxylic acids is 1. The lowest BCUT2D eigenvalue weighted by Crippen LogP contribution is -2.43.